The van der Waals surface area contributed by atoms with Gasteiger partial charge in [0.1, 0.15) is 0 Å². The Morgan fingerprint density at radius 1 is 1.17 bits per heavy atom. The molecule has 0 fully saturated rings. The Morgan fingerprint density at radius 2 is 1.92 bits per heavy atom. The van der Waals surface area contributed by atoms with Gasteiger partial charge in [0.2, 0.25) is 0 Å². The van der Waals surface area contributed by atoms with Crippen LogP contribution in [0.25, 0.3) is 0 Å². The van der Waals surface area contributed by atoms with Gasteiger partial charge in [-0.2, -0.15) is 0 Å². The van der Waals surface area contributed by atoms with E-state index in [0.717, 1.165) is 6.42 Å². The van der Waals surface area contributed by atoms with Gasteiger partial charge < -0.3 is 9.47 Å². The predicted octanol–water partition coefficient (Wildman–Crippen LogP) is 2.74. The first kappa shape index (κ1) is 11.7. The van der Waals surface area contributed by atoms with Crippen LogP contribution in [0, 0.1) is 0 Å². The van der Waals surface area contributed by atoms with Crippen LogP contribution in [0.4, 0.5) is 0 Å². The smallest absolute Gasteiger partial charge is 0.155 e. The van der Waals surface area contributed by atoms with E-state index in [2.05, 4.69) is 13.0 Å². The van der Waals surface area contributed by atoms with Gasteiger partial charge >= 0.3 is 0 Å². The third-order valence-corrected chi connectivity index (χ3v) is 1.45. The van der Waals surface area contributed by atoms with Gasteiger partial charge in [0.05, 0.1) is 6.61 Å². The Kier molecular flexibility index (Phi) is 8.51. The second kappa shape index (κ2) is 8.75. The Hall–Kier alpha value is -0.340. The Morgan fingerprint density at radius 3 is 2.50 bits per heavy atom. The summed E-state index contributed by atoms with van der Waals surface area (Å²) in [6.07, 6.45) is 6.42. The van der Waals surface area contributed by atoms with E-state index in [1.807, 2.05) is 19.9 Å². The van der Waals surface area contributed by atoms with E-state index < -0.39 is 0 Å². The normalized spacial score (nSPS) is 13.9. The molecule has 0 aromatic carbocycles. The van der Waals surface area contributed by atoms with Crippen LogP contribution in [0.2, 0.25) is 0 Å². The molecule has 0 bridgehead atoms. The lowest BCUT2D eigenvalue weighted by molar-refractivity contribution is -0.118. The van der Waals surface area contributed by atoms with E-state index >= 15 is 0 Å². The number of rotatable bonds is 7. The Bertz CT molecular complexity index is 110. The third-order valence-electron chi connectivity index (χ3n) is 1.45. The van der Waals surface area contributed by atoms with Gasteiger partial charge in [0.15, 0.2) is 6.29 Å². The van der Waals surface area contributed by atoms with Gasteiger partial charge in [-0.1, -0.05) is 25.5 Å². The molecule has 0 radical (unpaired) electrons. The minimum Gasteiger partial charge on any atom is -0.353 e. The maximum atomic E-state index is 5.32. The van der Waals surface area contributed by atoms with Crippen molar-refractivity contribution in [2.75, 3.05) is 13.2 Å². The van der Waals surface area contributed by atoms with Crippen LogP contribution < -0.4 is 0 Å². The third kappa shape index (κ3) is 7.76. The number of hydrogen-bond acceptors (Lipinski definition) is 2. The molecule has 0 aromatic heterocycles. The van der Waals surface area contributed by atoms with Crippen molar-refractivity contribution in [3.05, 3.63) is 12.2 Å². The fourth-order valence-electron chi connectivity index (χ4n) is 0.826. The maximum absolute atomic E-state index is 5.32. The van der Waals surface area contributed by atoms with Crippen LogP contribution in [0.1, 0.15) is 33.6 Å². The number of allylic oxidation sites excluding steroid dienone is 1. The summed E-state index contributed by atoms with van der Waals surface area (Å²) < 4.78 is 10.5. The molecule has 0 saturated carbocycles. The molecule has 0 rings (SSSR count). The summed E-state index contributed by atoms with van der Waals surface area (Å²) in [6.45, 7) is 7.40. The first-order chi connectivity index (χ1) is 5.81. The average molecular weight is 172 g/mol. The molecular weight excluding hydrogens is 152 g/mol. The topological polar surface area (TPSA) is 18.5 Å². The van der Waals surface area contributed by atoms with E-state index in [4.69, 9.17) is 9.47 Å². The van der Waals surface area contributed by atoms with Crippen LogP contribution in [0.3, 0.4) is 0 Å². The highest BCUT2D eigenvalue weighted by Crippen LogP contribution is 1.94. The monoisotopic (exact) mass is 172 g/mol. The fraction of sp³-hybridized carbons (Fsp3) is 0.800. The highest BCUT2D eigenvalue weighted by Gasteiger charge is 1.96. The van der Waals surface area contributed by atoms with Crippen molar-refractivity contribution in [3.63, 3.8) is 0 Å². The molecule has 0 aliphatic heterocycles. The maximum Gasteiger partial charge on any atom is 0.155 e. The van der Waals surface area contributed by atoms with Crippen LogP contribution >= 0.6 is 0 Å². The van der Waals surface area contributed by atoms with Gasteiger partial charge in [-0.25, -0.2) is 0 Å². The standard InChI is InChI=1S/C10H20O2/c1-4-6-7-8-9-12-10(3)11-5-2/h7-8,10H,4-6,9H2,1-3H3/b8-7-. The van der Waals surface area contributed by atoms with Crippen LogP contribution in [0.15, 0.2) is 12.2 Å². The second-order valence-corrected chi connectivity index (χ2v) is 2.62. The van der Waals surface area contributed by atoms with E-state index in [-0.39, 0.29) is 6.29 Å². The van der Waals surface area contributed by atoms with Crippen molar-refractivity contribution in [3.8, 4) is 0 Å². The minimum absolute atomic E-state index is 0.0822. The van der Waals surface area contributed by atoms with Gasteiger partial charge in [-0.15, -0.1) is 0 Å². The van der Waals surface area contributed by atoms with E-state index in [0.29, 0.717) is 13.2 Å². The minimum atomic E-state index is -0.0822. The molecular formula is C10H20O2. The van der Waals surface area contributed by atoms with Crippen molar-refractivity contribution in [2.45, 2.75) is 39.9 Å². The second-order valence-electron chi connectivity index (χ2n) is 2.62. The number of hydrogen-bond donors (Lipinski definition) is 0. The Labute approximate surface area is 75.6 Å². The van der Waals surface area contributed by atoms with Crippen molar-refractivity contribution in [1.82, 2.24) is 0 Å². The number of unbranched alkanes of at least 4 members (excludes halogenated alkanes) is 1. The molecule has 72 valence electrons. The zero-order valence-corrected chi connectivity index (χ0v) is 8.38. The SMILES string of the molecule is CCC/C=C\COC(C)OCC. The fourth-order valence-corrected chi connectivity index (χ4v) is 0.826. The largest absolute Gasteiger partial charge is 0.353 e. The van der Waals surface area contributed by atoms with Gasteiger partial charge in [0, 0.05) is 6.61 Å². The molecule has 0 spiro atoms. The summed E-state index contributed by atoms with van der Waals surface area (Å²) in [7, 11) is 0. The lowest BCUT2D eigenvalue weighted by atomic mass is 10.3. The predicted molar refractivity (Wildman–Crippen MR) is 51.1 cm³/mol. The summed E-state index contributed by atoms with van der Waals surface area (Å²) in [4.78, 5) is 0. The molecule has 0 heterocycles. The lowest BCUT2D eigenvalue weighted by Crippen LogP contribution is -2.12. The van der Waals surface area contributed by atoms with Crippen molar-refractivity contribution >= 4 is 0 Å². The quantitative estimate of drug-likeness (QED) is 0.434. The van der Waals surface area contributed by atoms with Crippen LogP contribution in [-0.4, -0.2) is 19.5 Å². The average Bonchev–Trinajstić information content (AvgIpc) is 2.05. The zero-order chi connectivity index (χ0) is 9.23. The highest BCUT2D eigenvalue weighted by atomic mass is 16.7. The molecule has 0 aliphatic carbocycles. The van der Waals surface area contributed by atoms with Gasteiger partial charge in [-0.05, 0) is 20.3 Å². The van der Waals surface area contributed by atoms with Crippen molar-refractivity contribution in [1.29, 1.82) is 0 Å². The van der Waals surface area contributed by atoms with Gasteiger partial charge in [0.25, 0.3) is 0 Å². The van der Waals surface area contributed by atoms with Crippen LogP contribution in [0.5, 0.6) is 0 Å². The Balaban J connectivity index is 3.17. The summed E-state index contributed by atoms with van der Waals surface area (Å²) >= 11 is 0. The molecule has 0 aromatic rings. The first-order valence-electron chi connectivity index (χ1n) is 4.69. The van der Waals surface area contributed by atoms with Crippen molar-refractivity contribution in [2.24, 2.45) is 0 Å². The molecule has 0 N–H and O–H groups in total. The van der Waals surface area contributed by atoms with E-state index in [1.165, 1.54) is 6.42 Å². The molecule has 2 nitrogen and oxygen atoms in total. The lowest BCUT2D eigenvalue weighted by Gasteiger charge is -2.10. The summed E-state index contributed by atoms with van der Waals surface area (Å²) in [5.41, 5.74) is 0. The van der Waals surface area contributed by atoms with E-state index in [9.17, 15) is 0 Å². The van der Waals surface area contributed by atoms with E-state index in [1.54, 1.807) is 0 Å². The molecule has 0 amide bonds. The summed E-state index contributed by atoms with van der Waals surface area (Å²) in [5.74, 6) is 0. The zero-order valence-electron chi connectivity index (χ0n) is 8.38. The summed E-state index contributed by atoms with van der Waals surface area (Å²) in [6, 6.07) is 0. The highest BCUT2D eigenvalue weighted by molar-refractivity contribution is 4.80. The molecule has 0 saturated heterocycles. The van der Waals surface area contributed by atoms with Crippen molar-refractivity contribution < 1.29 is 9.47 Å². The summed E-state index contributed by atoms with van der Waals surface area (Å²) in [5, 5.41) is 0. The van der Waals surface area contributed by atoms with Crippen LogP contribution in [-0.2, 0) is 9.47 Å². The molecule has 12 heavy (non-hydrogen) atoms. The molecule has 1 unspecified atom stereocenters. The molecule has 2 heteroatoms. The molecule has 0 aliphatic rings. The first-order valence-corrected chi connectivity index (χ1v) is 4.69. The number of ether oxygens (including phenoxy) is 2. The van der Waals surface area contributed by atoms with Gasteiger partial charge in [-0.3, -0.25) is 0 Å². The molecule has 1 atom stereocenters.